The molecule has 0 radical (unpaired) electrons. The van der Waals surface area contributed by atoms with Gasteiger partial charge in [-0.05, 0) is 55.1 Å². The van der Waals surface area contributed by atoms with Crippen molar-refractivity contribution >= 4 is 5.91 Å². The highest BCUT2D eigenvalue weighted by atomic mass is 16.5. The Hall–Kier alpha value is -1.55. The van der Waals surface area contributed by atoms with Gasteiger partial charge in [0.25, 0.3) is 5.91 Å². The molecule has 1 heterocycles. The Morgan fingerprint density at radius 1 is 1.19 bits per heavy atom. The second kappa shape index (κ2) is 6.56. The molecule has 3 unspecified atom stereocenters. The molecule has 0 bridgehead atoms. The van der Waals surface area contributed by atoms with Gasteiger partial charge in [0.05, 0.1) is 5.60 Å². The summed E-state index contributed by atoms with van der Waals surface area (Å²) in [4.78, 5) is 14.6. The Morgan fingerprint density at radius 3 is 2.73 bits per heavy atom. The molecule has 0 spiro atoms. The van der Waals surface area contributed by atoms with Crippen molar-refractivity contribution in [2.45, 2.75) is 64.7 Å². The predicted octanol–water partition coefficient (Wildman–Crippen LogP) is 4.25. The maximum atomic E-state index is 12.7. The zero-order valence-electron chi connectivity index (χ0n) is 16.2. The zero-order valence-corrected chi connectivity index (χ0v) is 16.2. The van der Waals surface area contributed by atoms with Gasteiger partial charge < -0.3 is 14.4 Å². The number of hydrogen-bond acceptors (Lipinski definition) is 3. The molecule has 26 heavy (non-hydrogen) atoms. The van der Waals surface area contributed by atoms with E-state index in [2.05, 4.69) is 20.8 Å². The Morgan fingerprint density at radius 2 is 1.96 bits per heavy atom. The maximum Gasteiger partial charge on any atom is 0.262 e. The number of carbonyl (C=O) groups excluding carboxylic acids is 1. The molecule has 1 amide bonds. The van der Waals surface area contributed by atoms with Gasteiger partial charge >= 0.3 is 0 Å². The summed E-state index contributed by atoms with van der Waals surface area (Å²) in [5, 5.41) is 0. The molecule has 3 aliphatic rings. The fourth-order valence-electron chi connectivity index (χ4n) is 5.41. The number of benzene rings is 1. The van der Waals surface area contributed by atoms with E-state index in [0.717, 1.165) is 31.6 Å². The molecule has 1 aromatic rings. The summed E-state index contributed by atoms with van der Waals surface area (Å²) < 4.78 is 12.4. The Bertz CT molecular complexity index is 659. The number of para-hydroxylation sites is 1. The van der Waals surface area contributed by atoms with Crippen LogP contribution < -0.4 is 4.74 Å². The Balaban J connectivity index is 1.40. The Labute approximate surface area is 156 Å². The lowest BCUT2D eigenvalue weighted by Gasteiger charge is -2.34. The minimum atomic E-state index is -0.0866. The number of carbonyl (C=O) groups is 1. The summed E-state index contributed by atoms with van der Waals surface area (Å²) in [5.41, 5.74) is 0.202. The number of amides is 1. The fraction of sp³-hybridized carbons (Fsp3) is 0.682. The number of nitrogens with zero attached hydrogens (tertiary/aromatic N) is 1. The maximum absolute atomic E-state index is 12.7. The standard InChI is InChI=1S/C22H31NO3/c1-16-11-12-18-21(2,3)22(18,14-16)26-20-10-7-13-23(20)19(24)15-25-17-8-5-4-6-9-17/h4-6,8-9,16,18,20H,7,10-15H2,1-3H3/t16?,18?,20-,22?/m1/s1. The molecule has 2 saturated carbocycles. The molecular weight excluding hydrogens is 326 g/mol. The van der Waals surface area contributed by atoms with Gasteiger partial charge in [-0.2, -0.15) is 0 Å². The third-order valence-electron chi connectivity index (χ3n) is 7.01. The monoisotopic (exact) mass is 357 g/mol. The van der Waals surface area contributed by atoms with Gasteiger partial charge in [0.15, 0.2) is 6.61 Å². The van der Waals surface area contributed by atoms with Gasteiger partial charge in [-0.1, -0.05) is 45.4 Å². The third-order valence-corrected chi connectivity index (χ3v) is 7.01. The molecule has 142 valence electrons. The van der Waals surface area contributed by atoms with Gasteiger partial charge in [-0.15, -0.1) is 0 Å². The van der Waals surface area contributed by atoms with Gasteiger partial charge in [0.2, 0.25) is 0 Å². The topological polar surface area (TPSA) is 38.8 Å². The molecule has 3 fully saturated rings. The summed E-state index contributed by atoms with van der Waals surface area (Å²) in [6.07, 6.45) is 5.55. The van der Waals surface area contributed by atoms with Crippen molar-refractivity contribution < 1.29 is 14.3 Å². The number of likely N-dealkylation sites (tertiary alicyclic amines) is 1. The van der Waals surface area contributed by atoms with E-state index in [4.69, 9.17) is 9.47 Å². The first-order valence-corrected chi connectivity index (χ1v) is 10.1. The summed E-state index contributed by atoms with van der Waals surface area (Å²) in [5.74, 6) is 2.12. The molecule has 1 aromatic carbocycles. The molecule has 0 aromatic heterocycles. The lowest BCUT2D eigenvalue weighted by atomic mass is 9.88. The smallest absolute Gasteiger partial charge is 0.262 e. The molecule has 4 atom stereocenters. The van der Waals surface area contributed by atoms with Gasteiger partial charge in [-0.3, -0.25) is 4.79 Å². The molecule has 1 saturated heterocycles. The first-order valence-electron chi connectivity index (χ1n) is 10.1. The van der Waals surface area contributed by atoms with Gasteiger partial charge in [0.1, 0.15) is 12.0 Å². The molecule has 0 N–H and O–H groups in total. The van der Waals surface area contributed by atoms with Crippen LogP contribution in [0, 0.1) is 17.3 Å². The van der Waals surface area contributed by atoms with Crippen molar-refractivity contribution in [2.75, 3.05) is 13.2 Å². The van der Waals surface area contributed by atoms with Crippen LogP contribution >= 0.6 is 0 Å². The van der Waals surface area contributed by atoms with Crippen LogP contribution in [0.25, 0.3) is 0 Å². The van der Waals surface area contributed by atoms with Gasteiger partial charge in [0, 0.05) is 6.54 Å². The number of hydrogen-bond donors (Lipinski definition) is 0. The first-order chi connectivity index (χ1) is 12.4. The molecule has 4 nitrogen and oxygen atoms in total. The van der Waals surface area contributed by atoms with E-state index < -0.39 is 0 Å². The van der Waals surface area contributed by atoms with Crippen molar-refractivity contribution in [3.05, 3.63) is 30.3 Å². The van der Waals surface area contributed by atoms with E-state index >= 15 is 0 Å². The quantitative estimate of drug-likeness (QED) is 0.791. The van der Waals surface area contributed by atoms with E-state index in [0.29, 0.717) is 11.8 Å². The number of rotatable bonds is 5. The fourth-order valence-corrected chi connectivity index (χ4v) is 5.41. The lowest BCUT2D eigenvalue weighted by Crippen LogP contribution is -2.44. The van der Waals surface area contributed by atoms with Crippen LogP contribution in [0.4, 0.5) is 0 Å². The van der Waals surface area contributed by atoms with Crippen molar-refractivity contribution in [3.63, 3.8) is 0 Å². The van der Waals surface area contributed by atoms with Crippen LogP contribution in [0.3, 0.4) is 0 Å². The number of fused-ring (bicyclic) bond motifs is 1. The summed E-state index contributed by atoms with van der Waals surface area (Å²) >= 11 is 0. The van der Waals surface area contributed by atoms with Crippen LogP contribution in [0.5, 0.6) is 5.75 Å². The largest absolute Gasteiger partial charge is 0.484 e. The van der Waals surface area contributed by atoms with Crippen LogP contribution in [0.1, 0.15) is 52.9 Å². The number of ether oxygens (including phenoxy) is 2. The second-order valence-corrected chi connectivity index (χ2v) is 8.95. The normalized spacial score (nSPS) is 35.0. The van der Waals surface area contributed by atoms with Crippen molar-refractivity contribution in [1.82, 2.24) is 4.90 Å². The van der Waals surface area contributed by atoms with Gasteiger partial charge in [-0.25, -0.2) is 0 Å². The molecule has 4 heteroatoms. The summed E-state index contributed by atoms with van der Waals surface area (Å²) in [6.45, 7) is 7.88. The first kappa shape index (κ1) is 17.8. The minimum absolute atomic E-state index is 0.0293. The minimum Gasteiger partial charge on any atom is -0.484 e. The third kappa shape index (κ3) is 2.92. The molecule has 2 aliphatic carbocycles. The van der Waals surface area contributed by atoms with Crippen molar-refractivity contribution in [3.8, 4) is 5.75 Å². The Kier molecular flexibility index (Phi) is 4.50. The van der Waals surface area contributed by atoms with Crippen molar-refractivity contribution in [2.24, 2.45) is 17.3 Å². The highest BCUT2D eigenvalue weighted by Crippen LogP contribution is 2.71. The van der Waals surface area contributed by atoms with Crippen molar-refractivity contribution in [1.29, 1.82) is 0 Å². The van der Waals surface area contributed by atoms with E-state index in [1.807, 2.05) is 35.2 Å². The molecule has 4 rings (SSSR count). The predicted molar refractivity (Wildman–Crippen MR) is 101 cm³/mol. The van der Waals surface area contributed by atoms with Crippen LogP contribution in [-0.2, 0) is 9.53 Å². The van der Waals surface area contributed by atoms with E-state index in [1.165, 1.54) is 12.8 Å². The lowest BCUT2D eigenvalue weighted by molar-refractivity contribution is -0.158. The second-order valence-electron chi connectivity index (χ2n) is 8.95. The van der Waals surface area contributed by atoms with E-state index in [-0.39, 0.29) is 29.8 Å². The highest BCUT2D eigenvalue weighted by Gasteiger charge is 2.73. The van der Waals surface area contributed by atoms with Crippen LogP contribution in [0.2, 0.25) is 0 Å². The van der Waals surface area contributed by atoms with E-state index in [1.54, 1.807) is 0 Å². The summed E-state index contributed by atoms with van der Waals surface area (Å²) in [7, 11) is 0. The average molecular weight is 357 g/mol. The van der Waals surface area contributed by atoms with E-state index in [9.17, 15) is 4.79 Å². The molecule has 1 aliphatic heterocycles. The van der Waals surface area contributed by atoms with Crippen LogP contribution in [0.15, 0.2) is 30.3 Å². The SMILES string of the molecule is CC1CCC2C(C)(C)C2(O[C@@H]2CCCN2C(=O)COc2ccccc2)C1. The highest BCUT2D eigenvalue weighted by molar-refractivity contribution is 5.78. The average Bonchev–Trinajstić information content (AvgIpc) is 2.93. The molecular formula is C22H31NO3. The zero-order chi connectivity index (χ0) is 18.4. The summed E-state index contributed by atoms with van der Waals surface area (Å²) in [6, 6.07) is 9.54. The van der Waals surface area contributed by atoms with Crippen LogP contribution in [-0.4, -0.2) is 35.8 Å².